The van der Waals surface area contributed by atoms with Crippen LogP contribution in [0.4, 0.5) is 0 Å². The smallest absolute Gasteiger partial charge is 0.0890 e. The molecule has 0 N–H and O–H groups in total. The van der Waals surface area contributed by atoms with Gasteiger partial charge in [0.1, 0.15) is 0 Å². The predicted molar refractivity (Wildman–Crippen MR) is 59.0 cm³/mol. The van der Waals surface area contributed by atoms with Crippen LogP contribution in [0, 0.1) is 0 Å². The molecule has 0 amide bonds. The third-order valence-corrected chi connectivity index (χ3v) is 2.74. The topological polar surface area (TPSA) is 52.0 Å². The van der Waals surface area contributed by atoms with E-state index in [0.717, 1.165) is 25.9 Å². The highest BCUT2D eigenvalue weighted by Gasteiger charge is 2.22. The summed E-state index contributed by atoms with van der Waals surface area (Å²) >= 11 is 0. The Balaban J connectivity index is 2.02. The second kappa shape index (κ2) is 4.82. The number of benzene rings is 1. The number of rotatable bonds is 3. The van der Waals surface area contributed by atoms with Crippen LogP contribution in [0.2, 0.25) is 0 Å². The lowest BCUT2D eigenvalue weighted by atomic mass is 10.2. The molecule has 0 radical (unpaired) electrons. The molecule has 0 bridgehead atoms. The molecule has 1 heterocycles. The van der Waals surface area contributed by atoms with E-state index in [4.69, 9.17) is 5.53 Å². The summed E-state index contributed by atoms with van der Waals surface area (Å²) in [5.41, 5.74) is 9.72. The third kappa shape index (κ3) is 2.49. The van der Waals surface area contributed by atoms with Crippen LogP contribution in [0.25, 0.3) is 10.4 Å². The molecular weight excluding hydrogens is 188 g/mol. The van der Waals surface area contributed by atoms with E-state index in [1.54, 1.807) is 0 Å². The van der Waals surface area contributed by atoms with Gasteiger partial charge in [0.05, 0.1) is 6.17 Å². The Kier molecular flexibility index (Phi) is 3.22. The first kappa shape index (κ1) is 10.0. The molecule has 78 valence electrons. The van der Waals surface area contributed by atoms with Gasteiger partial charge in [-0.3, -0.25) is 4.90 Å². The fourth-order valence-corrected chi connectivity index (χ4v) is 2.00. The van der Waals surface area contributed by atoms with Gasteiger partial charge >= 0.3 is 0 Å². The van der Waals surface area contributed by atoms with E-state index in [2.05, 4.69) is 27.1 Å². The summed E-state index contributed by atoms with van der Waals surface area (Å²) in [6.45, 7) is 1.91. The Morgan fingerprint density at radius 1 is 1.40 bits per heavy atom. The van der Waals surface area contributed by atoms with Crippen molar-refractivity contribution in [1.82, 2.24) is 4.90 Å². The van der Waals surface area contributed by atoms with Gasteiger partial charge in [-0.15, -0.1) is 0 Å². The lowest BCUT2D eigenvalue weighted by Crippen LogP contribution is -2.26. The zero-order chi connectivity index (χ0) is 10.5. The number of likely N-dealkylation sites (tertiary alicyclic amines) is 1. The average Bonchev–Trinajstić information content (AvgIpc) is 2.68. The fraction of sp³-hybridized carbons (Fsp3) is 0.455. The van der Waals surface area contributed by atoms with E-state index in [1.807, 2.05) is 18.2 Å². The lowest BCUT2D eigenvalue weighted by molar-refractivity contribution is 0.250. The van der Waals surface area contributed by atoms with E-state index >= 15 is 0 Å². The molecule has 1 atom stereocenters. The van der Waals surface area contributed by atoms with Gasteiger partial charge in [-0.2, -0.15) is 0 Å². The number of hydrogen-bond acceptors (Lipinski definition) is 2. The molecule has 1 aliphatic rings. The number of azide groups is 1. The molecular formula is C11H14N4. The van der Waals surface area contributed by atoms with Crippen molar-refractivity contribution >= 4 is 0 Å². The number of nitrogens with zero attached hydrogens (tertiary/aromatic N) is 4. The average molecular weight is 202 g/mol. The second-order valence-electron chi connectivity index (χ2n) is 3.78. The summed E-state index contributed by atoms with van der Waals surface area (Å²) < 4.78 is 0. The highest BCUT2D eigenvalue weighted by Crippen LogP contribution is 2.20. The van der Waals surface area contributed by atoms with E-state index in [-0.39, 0.29) is 6.17 Å². The summed E-state index contributed by atoms with van der Waals surface area (Å²) in [5, 5.41) is 3.81. The molecule has 4 heteroatoms. The summed E-state index contributed by atoms with van der Waals surface area (Å²) in [5.74, 6) is 0. The van der Waals surface area contributed by atoms with Gasteiger partial charge in [-0.05, 0) is 30.5 Å². The molecule has 0 saturated carbocycles. The maximum atomic E-state index is 8.44. The zero-order valence-electron chi connectivity index (χ0n) is 8.58. The molecule has 1 aromatic carbocycles. The van der Waals surface area contributed by atoms with Gasteiger partial charge in [-0.25, -0.2) is 0 Å². The third-order valence-electron chi connectivity index (χ3n) is 2.74. The van der Waals surface area contributed by atoms with Crippen LogP contribution in [0.5, 0.6) is 0 Å². The van der Waals surface area contributed by atoms with Gasteiger partial charge in [0.25, 0.3) is 0 Å². The minimum absolute atomic E-state index is 0.0511. The van der Waals surface area contributed by atoms with Crippen molar-refractivity contribution in [1.29, 1.82) is 0 Å². The van der Waals surface area contributed by atoms with Crippen molar-refractivity contribution in [2.45, 2.75) is 25.6 Å². The van der Waals surface area contributed by atoms with Crippen molar-refractivity contribution in [3.8, 4) is 0 Å². The molecule has 0 aromatic heterocycles. The highest BCUT2D eigenvalue weighted by molar-refractivity contribution is 5.14. The van der Waals surface area contributed by atoms with Crippen LogP contribution in [-0.4, -0.2) is 17.6 Å². The van der Waals surface area contributed by atoms with Crippen LogP contribution in [0.15, 0.2) is 35.4 Å². The molecule has 1 aliphatic heterocycles. The van der Waals surface area contributed by atoms with E-state index in [0.29, 0.717) is 0 Å². The monoisotopic (exact) mass is 202 g/mol. The van der Waals surface area contributed by atoms with Crippen LogP contribution >= 0.6 is 0 Å². The Labute approximate surface area is 89.1 Å². The molecule has 4 nitrogen and oxygen atoms in total. The van der Waals surface area contributed by atoms with Crippen molar-refractivity contribution < 1.29 is 0 Å². The van der Waals surface area contributed by atoms with Gasteiger partial charge < -0.3 is 0 Å². The van der Waals surface area contributed by atoms with Crippen LogP contribution in [0.3, 0.4) is 0 Å². The van der Waals surface area contributed by atoms with Crippen LogP contribution in [-0.2, 0) is 6.54 Å². The van der Waals surface area contributed by atoms with Crippen LogP contribution in [0.1, 0.15) is 18.4 Å². The second-order valence-corrected chi connectivity index (χ2v) is 3.78. The first-order valence-corrected chi connectivity index (χ1v) is 5.22. The normalized spacial score (nSPS) is 21.2. The Morgan fingerprint density at radius 2 is 2.20 bits per heavy atom. The molecule has 15 heavy (non-hydrogen) atoms. The van der Waals surface area contributed by atoms with Crippen molar-refractivity contribution in [3.05, 3.63) is 46.3 Å². The zero-order valence-corrected chi connectivity index (χ0v) is 8.58. The molecule has 1 fully saturated rings. The molecule has 0 unspecified atom stereocenters. The molecule has 2 rings (SSSR count). The van der Waals surface area contributed by atoms with Crippen molar-refractivity contribution in [2.75, 3.05) is 6.54 Å². The predicted octanol–water partition coefficient (Wildman–Crippen LogP) is 2.92. The first-order valence-electron chi connectivity index (χ1n) is 5.22. The van der Waals surface area contributed by atoms with Crippen molar-refractivity contribution in [2.24, 2.45) is 5.11 Å². The van der Waals surface area contributed by atoms with Gasteiger partial charge in [0.15, 0.2) is 0 Å². The quantitative estimate of drug-likeness (QED) is 0.422. The largest absolute Gasteiger partial charge is 0.291 e. The van der Waals surface area contributed by atoms with Crippen LogP contribution < -0.4 is 0 Å². The van der Waals surface area contributed by atoms with E-state index < -0.39 is 0 Å². The number of hydrogen-bond donors (Lipinski definition) is 0. The van der Waals surface area contributed by atoms with E-state index in [1.165, 1.54) is 5.56 Å². The summed E-state index contributed by atoms with van der Waals surface area (Å²) in [6.07, 6.45) is 2.16. The Hall–Kier alpha value is -1.51. The maximum absolute atomic E-state index is 8.44. The van der Waals surface area contributed by atoms with Gasteiger partial charge in [0.2, 0.25) is 0 Å². The van der Waals surface area contributed by atoms with Crippen molar-refractivity contribution in [3.63, 3.8) is 0 Å². The molecule has 0 aliphatic carbocycles. The molecule has 1 saturated heterocycles. The molecule has 0 spiro atoms. The van der Waals surface area contributed by atoms with E-state index in [9.17, 15) is 0 Å². The molecule has 1 aromatic rings. The summed E-state index contributed by atoms with van der Waals surface area (Å²) in [4.78, 5) is 5.12. The Morgan fingerprint density at radius 3 is 2.93 bits per heavy atom. The lowest BCUT2D eigenvalue weighted by Gasteiger charge is -2.20. The summed E-state index contributed by atoms with van der Waals surface area (Å²) in [6, 6.07) is 10.3. The van der Waals surface area contributed by atoms with Gasteiger partial charge in [-0.1, -0.05) is 35.4 Å². The minimum atomic E-state index is 0.0511. The highest BCUT2D eigenvalue weighted by atomic mass is 15.3. The standard InChI is InChI=1S/C11H14N4/c12-14-13-11-7-4-8-15(11)9-10-5-2-1-3-6-10/h1-3,5-6,11H,4,7-9H2/t11-/m0/s1. The summed E-state index contributed by atoms with van der Waals surface area (Å²) in [7, 11) is 0. The fourth-order valence-electron chi connectivity index (χ4n) is 2.00. The SMILES string of the molecule is [N-]=[N+]=N[C@@H]1CCCN1Cc1ccccc1. The Bertz CT molecular complexity index is 356. The maximum Gasteiger partial charge on any atom is 0.0890 e. The van der Waals surface area contributed by atoms with Gasteiger partial charge in [0, 0.05) is 11.5 Å². The first-order chi connectivity index (χ1) is 7.40. The minimum Gasteiger partial charge on any atom is -0.291 e.